The molecule has 0 aromatic carbocycles. The van der Waals surface area contributed by atoms with Crippen molar-refractivity contribution in [2.24, 2.45) is 28.6 Å². The number of rotatable bonds is 3. The molecule has 0 spiro atoms. The number of fused-ring (bicyclic) bond motifs is 5. The van der Waals surface area contributed by atoms with Gasteiger partial charge < -0.3 is 9.84 Å². The summed E-state index contributed by atoms with van der Waals surface area (Å²) in [5.41, 5.74) is -0.831. The van der Waals surface area contributed by atoms with E-state index in [1.165, 1.54) is 6.92 Å². The molecule has 0 saturated heterocycles. The van der Waals surface area contributed by atoms with Crippen molar-refractivity contribution >= 4 is 59.5 Å². The lowest BCUT2D eigenvalue weighted by Gasteiger charge is -2.65. The van der Waals surface area contributed by atoms with Crippen LogP contribution in [0.15, 0.2) is 24.3 Å². The summed E-state index contributed by atoms with van der Waals surface area (Å²) < 4.78 is 5.44. The Balaban J connectivity index is 1.73. The fourth-order valence-corrected chi connectivity index (χ4v) is 10.7. The van der Waals surface area contributed by atoms with Crippen molar-refractivity contribution in [3.63, 3.8) is 0 Å². The molecule has 4 aliphatic rings. The Morgan fingerprint density at radius 2 is 1.81 bits per heavy atom. The van der Waals surface area contributed by atoms with E-state index < -0.39 is 11.0 Å². The molecule has 0 amide bonds. The quantitative estimate of drug-likeness (QED) is 0.311. The van der Waals surface area contributed by atoms with Gasteiger partial charge in [-0.3, -0.25) is 9.59 Å². The number of aliphatic hydroxyl groups is 1. The van der Waals surface area contributed by atoms with E-state index in [1.807, 2.05) is 0 Å². The summed E-state index contributed by atoms with van der Waals surface area (Å²) >= 11 is 11.5. The first-order chi connectivity index (χ1) is 14.8. The predicted molar refractivity (Wildman–Crippen MR) is 136 cm³/mol. The van der Waals surface area contributed by atoms with Crippen molar-refractivity contribution in [2.75, 3.05) is 5.33 Å². The van der Waals surface area contributed by atoms with E-state index in [4.69, 9.17) is 4.74 Å². The average molecular weight is 637 g/mol. The molecule has 4 aliphatic carbocycles. The highest BCUT2D eigenvalue weighted by Gasteiger charge is 2.72. The molecule has 0 heterocycles. The number of halogens is 3. The summed E-state index contributed by atoms with van der Waals surface area (Å²) in [4.78, 5) is 24.8. The topological polar surface area (TPSA) is 63.6 Å². The zero-order chi connectivity index (χ0) is 23.9. The van der Waals surface area contributed by atoms with E-state index >= 15 is 0 Å². The van der Waals surface area contributed by atoms with Crippen LogP contribution in [0.2, 0.25) is 0 Å². The molecule has 3 unspecified atom stereocenters. The maximum absolute atomic E-state index is 13.0. The number of hydrogen-bond donors (Lipinski definition) is 1. The highest BCUT2D eigenvalue weighted by atomic mass is 79.9. The van der Waals surface area contributed by atoms with E-state index in [0.717, 1.165) is 44.1 Å². The molecular formula is C25H33Br3O4. The number of hydrogen-bond acceptors (Lipinski definition) is 4. The second-order valence-corrected chi connectivity index (χ2v) is 14.0. The van der Waals surface area contributed by atoms with Gasteiger partial charge in [0.2, 0.25) is 0 Å². The molecule has 0 radical (unpaired) electrons. The lowest BCUT2D eigenvalue weighted by molar-refractivity contribution is -0.164. The van der Waals surface area contributed by atoms with Crippen LogP contribution >= 0.6 is 47.8 Å². The maximum Gasteiger partial charge on any atom is 0.302 e. The van der Waals surface area contributed by atoms with Gasteiger partial charge in [-0.15, -0.1) is 0 Å². The highest BCUT2D eigenvalue weighted by molar-refractivity contribution is 9.12. The third-order valence-corrected chi connectivity index (χ3v) is 13.8. The van der Waals surface area contributed by atoms with Gasteiger partial charge in [-0.1, -0.05) is 74.8 Å². The number of ketones is 1. The van der Waals surface area contributed by atoms with Crippen LogP contribution < -0.4 is 0 Å². The lowest BCUT2D eigenvalue weighted by Crippen LogP contribution is -2.66. The Morgan fingerprint density at radius 3 is 2.41 bits per heavy atom. The minimum Gasteiger partial charge on any atom is -0.463 e. The third kappa shape index (κ3) is 3.05. The van der Waals surface area contributed by atoms with Crippen molar-refractivity contribution < 1.29 is 19.4 Å². The fourth-order valence-electron chi connectivity index (χ4n) is 8.09. The van der Waals surface area contributed by atoms with Gasteiger partial charge in [0.15, 0.2) is 11.4 Å². The molecule has 7 heteroatoms. The number of esters is 1. The van der Waals surface area contributed by atoms with Crippen LogP contribution in [0.25, 0.3) is 0 Å². The number of carbonyl (C=O) groups excluding carboxylic acids is 2. The normalized spacial score (nSPS) is 50.3. The standard InChI is InChI=1S/C25H33Br3O4/c1-13-14(2)25(31,20(30)12-26)23(5)9-7-18-17(21(13)23)10-19(27)24(28)11-16(32-15(3)29)6-8-22(18,24)4/h16-19,21,31H,1-2,6-12H2,3-5H3/t16?,17-,18+,19?,21+,22-,23+,24?,25+/m1/s1. The van der Waals surface area contributed by atoms with Crippen LogP contribution in [0.5, 0.6) is 0 Å². The summed E-state index contributed by atoms with van der Waals surface area (Å²) in [6.07, 6.45) is 5.12. The Bertz CT molecular complexity index is 888. The first-order valence-electron chi connectivity index (χ1n) is 11.5. The Kier molecular flexibility index (Phi) is 6.30. The number of carbonyl (C=O) groups is 2. The van der Waals surface area contributed by atoms with Crippen molar-refractivity contribution in [3.8, 4) is 0 Å². The lowest BCUT2D eigenvalue weighted by atomic mass is 9.44. The smallest absolute Gasteiger partial charge is 0.302 e. The largest absolute Gasteiger partial charge is 0.463 e. The molecule has 178 valence electrons. The van der Waals surface area contributed by atoms with E-state index in [2.05, 4.69) is 74.8 Å². The molecule has 0 aromatic heterocycles. The zero-order valence-electron chi connectivity index (χ0n) is 19.1. The van der Waals surface area contributed by atoms with Crippen molar-refractivity contribution in [1.82, 2.24) is 0 Å². The van der Waals surface area contributed by atoms with Gasteiger partial charge in [-0.05, 0) is 66.4 Å². The SMILES string of the molecule is C=C1C(=C)[C@](O)(C(=O)CBr)[C@@]2(C)CC[C@H]3[C@@H](CC(Br)C4(Br)CC(OC(C)=O)CC[C@]34C)[C@H]12. The average Bonchev–Trinajstić information content (AvgIpc) is 2.88. The molecule has 4 fully saturated rings. The molecule has 1 N–H and O–H groups in total. The van der Waals surface area contributed by atoms with E-state index in [1.54, 1.807) is 0 Å². The molecule has 9 atom stereocenters. The minimum absolute atomic E-state index is 0.0101. The van der Waals surface area contributed by atoms with Crippen LogP contribution in [-0.4, -0.2) is 43.0 Å². The summed E-state index contributed by atoms with van der Waals surface area (Å²) in [7, 11) is 0. The minimum atomic E-state index is -1.57. The first kappa shape index (κ1) is 25.1. The number of alkyl halides is 3. The molecule has 4 rings (SSSR count). The van der Waals surface area contributed by atoms with Gasteiger partial charge in [0.1, 0.15) is 6.10 Å². The van der Waals surface area contributed by atoms with Gasteiger partial charge >= 0.3 is 5.97 Å². The predicted octanol–water partition coefficient (Wildman–Crippen LogP) is 5.88. The summed E-state index contributed by atoms with van der Waals surface area (Å²) in [5.74, 6) is 0.279. The van der Waals surface area contributed by atoms with Crippen molar-refractivity contribution in [3.05, 3.63) is 24.3 Å². The van der Waals surface area contributed by atoms with Crippen molar-refractivity contribution in [1.29, 1.82) is 0 Å². The van der Waals surface area contributed by atoms with Gasteiger partial charge in [-0.25, -0.2) is 0 Å². The highest BCUT2D eigenvalue weighted by Crippen LogP contribution is 2.73. The van der Waals surface area contributed by atoms with Gasteiger partial charge in [0.05, 0.1) is 5.33 Å². The summed E-state index contributed by atoms with van der Waals surface area (Å²) in [6.45, 7) is 14.5. The number of Topliss-reactive ketones (excluding diaryl/α,β-unsaturated/α-hetero) is 1. The van der Waals surface area contributed by atoms with Crippen LogP contribution in [0.4, 0.5) is 0 Å². The monoisotopic (exact) mass is 634 g/mol. The zero-order valence-corrected chi connectivity index (χ0v) is 23.8. The second-order valence-electron chi connectivity index (χ2n) is 10.9. The van der Waals surface area contributed by atoms with E-state index in [9.17, 15) is 14.7 Å². The molecule has 0 bridgehead atoms. The van der Waals surface area contributed by atoms with Gasteiger partial charge in [0.25, 0.3) is 0 Å². The van der Waals surface area contributed by atoms with Crippen molar-refractivity contribution in [2.45, 2.75) is 80.2 Å². The second kappa shape index (κ2) is 8.03. The van der Waals surface area contributed by atoms with Crippen LogP contribution in [0, 0.1) is 28.6 Å². The van der Waals surface area contributed by atoms with E-state index in [-0.39, 0.29) is 43.7 Å². The van der Waals surface area contributed by atoms with Gasteiger partial charge in [-0.2, -0.15) is 0 Å². The molecule has 4 saturated carbocycles. The summed E-state index contributed by atoms with van der Waals surface area (Å²) in [5, 5.41) is 11.9. The molecular weight excluding hydrogens is 604 g/mol. The van der Waals surface area contributed by atoms with Crippen LogP contribution in [0.3, 0.4) is 0 Å². The summed E-state index contributed by atoms with van der Waals surface area (Å²) in [6, 6.07) is 0. The Labute approximate surface area is 216 Å². The molecule has 0 aliphatic heterocycles. The molecule has 32 heavy (non-hydrogen) atoms. The van der Waals surface area contributed by atoms with Crippen LogP contribution in [-0.2, 0) is 14.3 Å². The third-order valence-electron chi connectivity index (χ3n) is 9.74. The molecule has 0 aromatic rings. The Morgan fingerprint density at radius 1 is 1.19 bits per heavy atom. The maximum atomic E-state index is 13.0. The first-order valence-corrected chi connectivity index (χ1v) is 14.3. The van der Waals surface area contributed by atoms with Crippen LogP contribution in [0.1, 0.15) is 59.3 Å². The number of ether oxygens (including phenoxy) is 1. The van der Waals surface area contributed by atoms with E-state index in [0.29, 0.717) is 17.4 Å². The molecule has 4 nitrogen and oxygen atoms in total. The fraction of sp³-hybridized carbons (Fsp3) is 0.760. The van der Waals surface area contributed by atoms with Gasteiger partial charge in [0, 0.05) is 27.9 Å². The Hall–Kier alpha value is 0.0200.